The number of hydrogen-bond acceptors (Lipinski definition) is 8. The Morgan fingerprint density at radius 2 is 0.920 bits per heavy atom. The molecular formula is C33H49B3BrCl4KO8. The van der Waals surface area contributed by atoms with Crippen molar-refractivity contribution in [2.75, 3.05) is 0 Å². The monoisotopic (exact) mass is 870 g/mol. The Bertz CT molecular complexity index is 1540. The first kappa shape index (κ1) is 40.8. The van der Waals surface area contributed by atoms with Crippen molar-refractivity contribution in [1.82, 2.24) is 0 Å². The first-order chi connectivity index (χ1) is 24.1. The molecule has 274 valence electrons. The second kappa shape index (κ2) is 19.3. The summed E-state index contributed by atoms with van der Waals surface area (Å²) in [6, 6.07) is -1.30. The average molecular weight is 873 g/mol. The molecule has 17 heteroatoms. The Balaban J connectivity index is 0.000000778. The van der Waals surface area contributed by atoms with Gasteiger partial charge in [0.1, 0.15) is 0 Å². The number of aliphatic carboxylic acids is 1. The second-order valence-electron chi connectivity index (χ2n) is 14.1. The molecule has 5 rings (SSSR count). The molecule has 0 radical (unpaired) electrons. The van der Waals surface area contributed by atoms with Crippen LogP contribution in [0, 0.1) is 0 Å². The standard InChI is InChI=1S/C12H24B2O4.C12H15BCl2O2.C6H3BrCl2.C2H4O2.CH4.K/c1-9(2)10(3,4)16-13(15-9)14-17-11(5,6)12(7,8)18-14;1-11(2)12(3,4)17-13(16-11)8-6-5-7-9(14)10(8)15;7-4-2-1-3-5(8)6(4)9;1-2(3)4;;/h1-8H3;5-7H,1-4H3;1-3H;1H3,(H,3,4);1H4;/q;;;;;+1/p-1/i;5D,6D,7D;1D,2D,3D;;;. The van der Waals surface area contributed by atoms with Gasteiger partial charge in [-0.1, -0.05) is 72.0 Å². The van der Waals surface area contributed by atoms with E-state index in [0.717, 1.165) is 6.92 Å². The topological polar surface area (TPSA) is 95.5 Å². The van der Waals surface area contributed by atoms with E-state index in [9.17, 15) is 0 Å². The SMILES string of the molecule is C.CC(=O)[O-].CC1(C)OB(B2OC(C)(C)C(C)(C)O2)OC1(C)C.[2H]c1c([2H])c(Cl)c(Cl)c(B2OC(C)(C)C(C)(C)O2)c1[2H].[2H]c1c([2H])c(Cl)c(Cl)c(Br)c1[2H].[K+]. The third-order valence-corrected chi connectivity index (χ3v) is 11.1. The van der Waals surface area contributed by atoms with Gasteiger partial charge in [-0.05, 0) is 124 Å². The van der Waals surface area contributed by atoms with Gasteiger partial charge in [-0.2, -0.15) is 0 Å². The van der Waals surface area contributed by atoms with E-state index in [-0.39, 0.29) is 147 Å². The van der Waals surface area contributed by atoms with E-state index in [1.807, 2.05) is 83.1 Å². The van der Waals surface area contributed by atoms with E-state index in [1.165, 1.54) is 0 Å². The van der Waals surface area contributed by atoms with Crippen LogP contribution < -0.4 is 62.0 Å². The van der Waals surface area contributed by atoms with Crippen LogP contribution in [-0.2, 0) is 32.7 Å². The Labute approximate surface area is 380 Å². The smallest absolute Gasteiger partial charge is 0.550 e. The summed E-state index contributed by atoms with van der Waals surface area (Å²) in [4.78, 5) is 8.89. The molecule has 0 spiro atoms. The number of carbonyl (C=O) groups is 1. The van der Waals surface area contributed by atoms with E-state index in [0.29, 0.717) is 0 Å². The van der Waals surface area contributed by atoms with E-state index < -0.39 is 38.3 Å². The zero-order valence-corrected chi connectivity index (χ0v) is 38.1. The predicted molar refractivity (Wildman–Crippen MR) is 206 cm³/mol. The molecule has 0 aliphatic carbocycles. The van der Waals surface area contributed by atoms with Crippen molar-refractivity contribution in [3.05, 3.63) is 60.8 Å². The number of carboxylic acid groups (broad SMARTS) is 1. The summed E-state index contributed by atoms with van der Waals surface area (Å²) in [6.45, 7) is 24.7. The minimum atomic E-state index is -1.08. The average Bonchev–Trinajstić information content (AvgIpc) is 3.49. The molecule has 0 atom stereocenters. The van der Waals surface area contributed by atoms with Gasteiger partial charge in [0.2, 0.25) is 0 Å². The largest absolute Gasteiger partial charge is 1.00 e. The fourth-order valence-electron chi connectivity index (χ4n) is 3.85. The van der Waals surface area contributed by atoms with Crippen molar-refractivity contribution < 1.29 is 97.4 Å². The molecule has 0 saturated carbocycles. The molecule has 0 aromatic heterocycles. The van der Waals surface area contributed by atoms with Crippen LogP contribution >= 0.6 is 62.3 Å². The summed E-state index contributed by atoms with van der Waals surface area (Å²) in [5.74, 6) is -1.08. The van der Waals surface area contributed by atoms with Crippen LogP contribution in [0.5, 0.6) is 0 Å². The van der Waals surface area contributed by atoms with Crippen LogP contribution in [0.3, 0.4) is 0 Å². The molecule has 3 aliphatic heterocycles. The first-order valence-electron chi connectivity index (χ1n) is 17.9. The molecule has 3 heterocycles. The number of rotatable bonds is 2. The predicted octanol–water partition coefficient (Wildman–Crippen LogP) is 5.69. The number of hydrogen-bond donors (Lipinski definition) is 0. The van der Waals surface area contributed by atoms with Gasteiger partial charge < -0.3 is 37.8 Å². The summed E-state index contributed by atoms with van der Waals surface area (Å²) in [7, 11) is -1.82. The number of halogens is 5. The molecule has 2 aromatic rings. The molecule has 0 bridgehead atoms. The van der Waals surface area contributed by atoms with Gasteiger partial charge in [0.05, 0.1) is 61.9 Å². The Hall–Kier alpha value is 1.14. The Morgan fingerprint density at radius 1 is 0.640 bits per heavy atom. The van der Waals surface area contributed by atoms with Gasteiger partial charge in [0.15, 0.2) is 0 Å². The molecule has 3 aliphatic rings. The van der Waals surface area contributed by atoms with Crippen molar-refractivity contribution in [1.29, 1.82) is 0 Å². The van der Waals surface area contributed by atoms with Crippen molar-refractivity contribution in [3.8, 4) is 0 Å². The second-order valence-corrected chi connectivity index (χ2v) is 16.4. The quantitative estimate of drug-likeness (QED) is 0.281. The van der Waals surface area contributed by atoms with E-state index in [1.54, 1.807) is 0 Å². The number of carboxylic acids is 1. The number of carbonyl (C=O) groups excluding carboxylic acids is 1. The summed E-state index contributed by atoms with van der Waals surface area (Å²) >= 11 is 26.3. The van der Waals surface area contributed by atoms with Crippen molar-refractivity contribution in [2.45, 2.75) is 131 Å². The Morgan fingerprint density at radius 3 is 1.26 bits per heavy atom. The molecular weight excluding hydrogens is 818 g/mol. The molecule has 0 unspecified atom stereocenters. The van der Waals surface area contributed by atoms with Gasteiger partial charge in [0.25, 0.3) is 0 Å². The number of benzene rings is 2. The molecule has 3 fully saturated rings. The minimum Gasteiger partial charge on any atom is -0.550 e. The normalized spacial score (nSPS) is 22.9. The van der Waals surface area contributed by atoms with Crippen molar-refractivity contribution in [2.24, 2.45) is 0 Å². The fourth-order valence-corrected chi connectivity index (χ4v) is 4.83. The maximum absolute atomic E-state index is 8.89. The molecule has 0 N–H and O–H groups in total. The molecule has 8 nitrogen and oxygen atoms in total. The van der Waals surface area contributed by atoms with E-state index >= 15 is 0 Å². The van der Waals surface area contributed by atoms with Gasteiger partial charge in [-0.3, -0.25) is 0 Å². The Kier molecular flexibility index (Phi) is 15.8. The summed E-state index contributed by atoms with van der Waals surface area (Å²) in [6.07, 6.45) is 0. The molecule has 50 heavy (non-hydrogen) atoms. The van der Waals surface area contributed by atoms with Gasteiger partial charge >= 0.3 is 72.5 Å². The van der Waals surface area contributed by atoms with Crippen LogP contribution in [-0.4, -0.2) is 60.7 Å². The minimum absolute atomic E-state index is 0. The molecule has 3 saturated heterocycles. The van der Waals surface area contributed by atoms with E-state index in [2.05, 4.69) is 15.9 Å². The van der Waals surface area contributed by atoms with Crippen LogP contribution in [0.1, 0.15) is 106 Å². The summed E-state index contributed by atoms with van der Waals surface area (Å²) < 4.78 is 81.0. The summed E-state index contributed by atoms with van der Waals surface area (Å²) in [5.41, 5.74) is -2.40. The third-order valence-electron chi connectivity index (χ3n) is 8.78. The zero-order chi connectivity index (χ0) is 42.5. The van der Waals surface area contributed by atoms with Crippen LogP contribution in [0.15, 0.2) is 40.7 Å². The summed E-state index contributed by atoms with van der Waals surface area (Å²) in [5, 5.41) is 8.99. The maximum Gasteiger partial charge on any atom is 1.00 e. The maximum atomic E-state index is 8.89. The van der Waals surface area contributed by atoms with Crippen LogP contribution in [0.4, 0.5) is 0 Å². The molecule has 2 aromatic carbocycles. The first-order valence-corrected chi connectivity index (χ1v) is 17.2. The van der Waals surface area contributed by atoms with Crippen LogP contribution in [0.2, 0.25) is 20.1 Å². The van der Waals surface area contributed by atoms with Gasteiger partial charge in [-0.25, -0.2) is 0 Å². The van der Waals surface area contributed by atoms with Crippen molar-refractivity contribution >= 4 is 94.9 Å². The zero-order valence-electron chi connectivity index (χ0n) is 36.4. The van der Waals surface area contributed by atoms with Crippen LogP contribution in [0.25, 0.3) is 0 Å². The fraction of sp³-hybridized carbons (Fsp3) is 0.606. The van der Waals surface area contributed by atoms with Gasteiger partial charge in [-0.15, -0.1) is 0 Å². The van der Waals surface area contributed by atoms with Gasteiger partial charge in [0, 0.05) is 15.9 Å². The third kappa shape index (κ3) is 12.9. The van der Waals surface area contributed by atoms with Crippen molar-refractivity contribution in [3.63, 3.8) is 0 Å². The van der Waals surface area contributed by atoms with E-state index in [4.69, 9.17) is 92.5 Å². The molecule has 0 amide bonds.